The van der Waals surface area contributed by atoms with E-state index in [0.717, 1.165) is 41.5 Å². The lowest BCUT2D eigenvalue weighted by Gasteiger charge is -2.30. The van der Waals surface area contributed by atoms with E-state index >= 15 is 0 Å². The molecule has 3 rings (SSSR count). The number of hydrogen-bond acceptors (Lipinski definition) is 2. The first-order valence-electron chi connectivity index (χ1n) is 10.6. The zero-order valence-corrected chi connectivity index (χ0v) is 18.8. The summed E-state index contributed by atoms with van der Waals surface area (Å²) in [6.07, 6.45) is 2.96. The van der Waals surface area contributed by atoms with Gasteiger partial charge >= 0.3 is 7.60 Å². The molecule has 3 nitrogen and oxygen atoms in total. The summed E-state index contributed by atoms with van der Waals surface area (Å²) in [5.74, 6) is 1.52. The van der Waals surface area contributed by atoms with Gasteiger partial charge in [0.25, 0.3) is 0 Å². The van der Waals surface area contributed by atoms with Crippen LogP contribution < -0.4 is 9.83 Å². The fourth-order valence-corrected chi connectivity index (χ4v) is 5.48. The lowest BCUT2D eigenvalue weighted by molar-refractivity contribution is 0.391. The summed E-state index contributed by atoms with van der Waals surface area (Å²) < 4.78 is 19.0. The second kappa shape index (κ2) is 8.05. The van der Waals surface area contributed by atoms with Crippen LogP contribution in [0.15, 0.2) is 30.3 Å². The van der Waals surface area contributed by atoms with Gasteiger partial charge in [0.2, 0.25) is 0 Å². The van der Waals surface area contributed by atoms with Crippen molar-refractivity contribution in [2.24, 2.45) is 0 Å². The Kier molecular flexibility index (Phi) is 6.08. The van der Waals surface area contributed by atoms with E-state index in [1.807, 2.05) is 6.07 Å². The lowest BCUT2D eigenvalue weighted by atomic mass is 9.87. The summed E-state index contributed by atoms with van der Waals surface area (Å²) in [4.78, 5) is 10.9. The largest absolute Gasteiger partial charge is 0.421 e. The summed E-state index contributed by atoms with van der Waals surface area (Å²) >= 11 is 0. The Morgan fingerprint density at radius 3 is 2.07 bits per heavy atom. The Bertz CT molecular complexity index is 918. The van der Waals surface area contributed by atoms with Crippen molar-refractivity contribution in [1.29, 1.82) is 0 Å². The first kappa shape index (κ1) is 21.1. The number of fused-ring (bicyclic) bond motifs is 3. The number of benzene rings is 2. The summed E-state index contributed by atoms with van der Waals surface area (Å²) in [6.45, 7) is 12.9. The molecular formula is C24H33O3P. The lowest BCUT2D eigenvalue weighted by Crippen LogP contribution is -2.23. The average molecular weight is 400 g/mol. The first-order chi connectivity index (χ1) is 13.2. The molecule has 4 atom stereocenters. The third-order valence-corrected chi connectivity index (χ3v) is 7.98. The maximum absolute atomic E-state index is 13.3. The first-order valence-corrected chi connectivity index (χ1v) is 12.2. The van der Waals surface area contributed by atoms with Gasteiger partial charge in [-0.2, -0.15) is 0 Å². The third kappa shape index (κ3) is 3.67. The van der Waals surface area contributed by atoms with Gasteiger partial charge in [-0.25, -0.2) is 4.57 Å². The summed E-state index contributed by atoms with van der Waals surface area (Å²) in [5.41, 5.74) is 5.13. The Balaban J connectivity index is 2.30. The van der Waals surface area contributed by atoms with Gasteiger partial charge in [-0.3, -0.25) is 0 Å². The normalized spacial score (nSPS) is 21.2. The van der Waals surface area contributed by atoms with Crippen LogP contribution in [0.3, 0.4) is 0 Å². The molecule has 152 valence electrons. The molecule has 0 radical (unpaired) electrons. The highest BCUT2D eigenvalue weighted by Crippen LogP contribution is 2.54. The van der Waals surface area contributed by atoms with Crippen molar-refractivity contribution < 1.29 is 14.0 Å². The summed E-state index contributed by atoms with van der Waals surface area (Å²) in [7, 11) is -3.93. The maximum Gasteiger partial charge on any atom is 0.409 e. The molecule has 4 heteroatoms. The fraction of sp³-hybridized carbons (Fsp3) is 0.500. The van der Waals surface area contributed by atoms with Crippen LogP contribution in [-0.4, -0.2) is 4.89 Å². The van der Waals surface area contributed by atoms with Crippen molar-refractivity contribution in [3.63, 3.8) is 0 Å². The quantitative estimate of drug-likeness (QED) is 0.526. The molecule has 0 amide bonds. The molecule has 0 aliphatic carbocycles. The molecule has 0 spiro atoms. The number of hydrogen-bond donors (Lipinski definition) is 1. The van der Waals surface area contributed by atoms with Gasteiger partial charge < -0.3 is 9.42 Å². The topological polar surface area (TPSA) is 46.5 Å². The minimum Gasteiger partial charge on any atom is -0.421 e. The van der Waals surface area contributed by atoms with E-state index in [0.29, 0.717) is 22.9 Å². The van der Waals surface area contributed by atoms with Gasteiger partial charge in [-0.05, 0) is 65.8 Å². The van der Waals surface area contributed by atoms with Gasteiger partial charge in [0.1, 0.15) is 5.75 Å². The van der Waals surface area contributed by atoms with Crippen LogP contribution in [0, 0.1) is 0 Å². The average Bonchev–Trinajstić information content (AvgIpc) is 2.70. The van der Waals surface area contributed by atoms with Crippen molar-refractivity contribution in [2.75, 3.05) is 0 Å². The van der Waals surface area contributed by atoms with Crippen molar-refractivity contribution >= 4 is 12.9 Å². The van der Waals surface area contributed by atoms with Crippen LogP contribution in [0.5, 0.6) is 5.75 Å². The molecule has 0 fully saturated rings. The number of rotatable bonds is 6. The van der Waals surface area contributed by atoms with Crippen LogP contribution in [0.2, 0.25) is 0 Å². The Morgan fingerprint density at radius 2 is 1.46 bits per heavy atom. The van der Waals surface area contributed by atoms with E-state index in [1.165, 1.54) is 5.56 Å². The molecule has 1 heterocycles. The minimum atomic E-state index is -3.93. The van der Waals surface area contributed by atoms with Gasteiger partial charge in [0.05, 0.1) is 5.30 Å². The van der Waals surface area contributed by atoms with Gasteiger partial charge in [-0.15, -0.1) is 0 Å². The minimum absolute atomic E-state index is 0.197. The van der Waals surface area contributed by atoms with Crippen LogP contribution in [-0.2, 0) is 4.57 Å². The highest BCUT2D eigenvalue weighted by atomic mass is 31.2. The van der Waals surface area contributed by atoms with Crippen molar-refractivity contribution in [1.82, 2.24) is 0 Å². The van der Waals surface area contributed by atoms with Crippen LogP contribution in [0.25, 0.3) is 11.1 Å². The van der Waals surface area contributed by atoms with E-state index in [9.17, 15) is 9.46 Å². The Labute approximate surface area is 169 Å². The molecule has 0 saturated heterocycles. The van der Waals surface area contributed by atoms with Gasteiger partial charge in [0, 0.05) is 11.1 Å². The molecule has 1 aliphatic rings. The summed E-state index contributed by atoms with van der Waals surface area (Å²) in [5, 5.41) is 0.498. The Morgan fingerprint density at radius 1 is 0.857 bits per heavy atom. The second-order valence-corrected chi connectivity index (χ2v) is 9.97. The predicted octanol–water partition coefficient (Wildman–Crippen LogP) is 7.10. The predicted molar refractivity (Wildman–Crippen MR) is 118 cm³/mol. The standard InChI is InChI=1S/C24H33O3P/c1-7-15(4)18-10-11-20-22-13-19(16(5)8-2)12-21(17(6)9-3)24(22)28(25,26)27-23(20)14-18/h10-17H,7-9H2,1-6H3,(H,25,26). The van der Waals surface area contributed by atoms with Crippen molar-refractivity contribution in [2.45, 2.75) is 78.6 Å². The molecule has 0 aromatic heterocycles. The molecular weight excluding hydrogens is 367 g/mol. The molecule has 2 aromatic rings. The molecule has 1 N–H and O–H groups in total. The van der Waals surface area contributed by atoms with Gasteiger partial charge in [0.15, 0.2) is 0 Å². The van der Waals surface area contributed by atoms with E-state index in [4.69, 9.17) is 4.52 Å². The van der Waals surface area contributed by atoms with E-state index in [2.05, 4.69) is 65.8 Å². The Hall–Kier alpha value is -1.57. The molecule has 1 aliphatic heterocycles. The smallest absolute Gasteiger partial charge is 0.409 e. The zero-order valence-electron chi connectivity index (χ0n) is 18.0. The van der Waals surface area contributed by atoms with Crippen LogP contribution in [0.4, 0.5) is 0 Å². The van der Waals surface area contributed by atoms with E-state index in [-0.39, 0.29) is 5.92 Å². The molecule has 0 bridgehead atoms. The SMILES string of the molecule is CCC(C)c1ccc2c(c1)OP(=O)(O)c1c-2cc(C(C)CC)cc1C(C)CC. The van der Waals surface area contributed by atoms with E-state index in [1.54, 1.807) is 0 Å². The highest BCUT2D eigenvalue weighted by Gasteiger charge is 2.38. The summed E-state index contributed by atoms with van der Waals surface area (Å²) in [6, 6.07) is 10.4. The van der Waals surface area contributed by atoms with Crippen molar-refractivity contribution in [3.8, 4) is 16.9 Å². The third-order valence-electron chi connectivity index (χ3n) is 6.47. The highest BCUT2D eigenvalue weighted by molar-refractivity contribution is 7.62. The monoisotopic (exact) mass is 400 g/mol. The van der Waals surface area contributed by atoms with Gasteiger partial charge in [-0.1, -0.05) is 59.7 Å². The fourth-order valence-electron chi connectivity index (χ4n) is 3.87. The van der Waals surface area contributed by atoms with Crippen LogP contribution in [0.1, 0.15) is 95.2 Å². The molecule has 2 aromatic carbocycles. The second-order valence-electron chi connectivity index (χ2n) is 8.30. The van der Waals surface area contributed by atoms with Crippen LogP contribution >= 0.6 is 7.60 Å². The maximum atomic E-state index is 13.3. The molecule has 4 unspecified atom stereocenters. The zero-order chi connectivity index (χ0) is 20.6. The molecule has 0 saturated carbocycles. The van der Waals surface area contributed by atoms with Crippen molar-refractivity contribution in [3.05, 3.63) is 47.0 Å². The molecule has 28 heavy (non-hydrogen) atoms. The van der Waals surface area contributed by atoms with E-state index < -0.39 is 7.60 Å².